The van der Waals surface area contributed by atoms with Crippen LogP contribution in [-0.2, 0) is 6.42 Å². The molecule has 0 saturated carbocycles. The highest BCUT2D eigenvalue weighted by Gasteiger charge is 2.13. The first-order chi connectivity index (χ1) is 13.6. The Morgan fingerprint density at radius 1 is 1.11 bits per heavy atom. The summed E-state index contributed by atoms with van der Waals surface area (Å²) in [5.41, 5.74) is 1.44. The molecule has 1 aromatic heterocycles. The molecule has 146 valence electrons. The van der Waals surface area contributed by atoms with Crippen molar-refractivity contribution in [1.29, 1.82) is 0 Å². The molecule has 2 amide bonds. The highest BCUT2D eigenvalue weighted by Crippen LogP contribution is 2.26. The lowest BCUT2D eigenvalue weighted by molar-refractivity contribution is 0.222. The number of likely N-dealkylation sites (N-methyl/N-ethyl adjacent to an activating group) is 1. The van der Waals surface area contributed by atoms with Crippen LogP contribution in [-0.4, -0.2) is 48.9 Å². The first-order valence-electron chi connectivity index (χ1n) is 8.72. The predicted molar refractivity (Wildman–Crippen MR) is 105 cm³/mol. The van der Waals surface area contributed by atoms with Gasteiger partial charge in [-0.2, -0.15) is 4.98 Å². The molecule has 0 aliphatic rings. The van der Waals surface area contributed by atoms with E-state index in [1.807, 2.05) is 30.3 Å². The summed E-state index contributed by atoms with van der Waals surface area (Å²) in [5, 5.41) is 6.80. The summed E-state index contributed by atoms with van der Waals surface area (Å²) in [6.07, 6.45) is 0.474. The van der Waals surface area contributed by atoms with Gasteiger partial charge in [-0.1, -0.05) is 23.4 Å². The van der Waals surface area contributed by atoms with E-state index in [0.717, 1.165) is 5.56 Å². The summed E-state index contributed by atoms with van der Waals surface area (Å²) >= 11 is 0. The maximum atomic E-state index is 12.4. The number of hydrogen-bond acceptors (Lipinski definition) is 6. The van der Waals surface area contributed by atoms with Crippen LogP contribution in [0.3, 0.4) is 0 Å². The topological polar surface area (TPSA) is 89.7 Å². The zero-order valence-electron chi connectivity index (χ0n) is 16.0. The van der Waals surface area contributed by atoms with Crippen LogP contribution in [0, 0.1) is 0 Å². The Hall–Kier alpha value is -3.55. The van der Waals surface area contributed by atoms with Gasteiger partial charge in [0.15, 0.2) is 5.82 Å². The van der Waals surface area contributed by atoms with Crippen molar-refractivity contribution in [1.82, 2.24) is 15.0 Å². The van der Waals surface area contributed by atoms with E-state index in [9.17, 15) is 4.79 Å². The smallest absolute Gasteiger partial charge is 0.321 e. The van der Waals surface area contributed by atoms with Gasteiger partial charge in [-0.15, -0.1) is 0 Å². The molecule has 0 saturated heterocycles. The molecular weight excluding hydrogens is 360 g/mol. The first kappa shape index (κ1) is 19.2. The number of nitrogens with one attached hydrogen (secondary N) is 1. The van der Waals surface area contributed by atoms with E-state index in [0.29, 0.717) is 41.9 Å². The van der Waals surface area contributed by atoms with Crippen molar-refractivity contribution in [2.45, 2.75) is 6.42 Å². The average Bonchev–Trinajstić information content (AvgIpc) is 3.21. The molecule has 0 radical (unpaired) electrons. The Morgan fingerprint density at radius 3 is 2.43 bits per heavy atom. The maximum absolute atomic E-state index is 12.4. The van der Waals surface area contributed by atoms with Gasteiger partial charge in [0, 0.05) is 49.5 Å². The fourth-order valence-electron chi connectivity index (χ4n) is 2.52. The largest absolute Gasteiger partial charge is 0.497 e. The minimum Gasteiger partial charge on any atom is -0.497 e. The van der Waals surface area contributed by atoms with Gasteiger partial charge in [-0.25, -0.2) is 4.79 Å². The first-order valence-corrected chi connectivity index (χ1v) is 8.72. The van der Waals surface area contributed by atoms with Gasteiger partial charge in [0.2, 0.25) is 0 Å². The summed E-state index contributed by atoms with van der Waals surface area (Å²) in [6.45, 7) is 0.431. The molecular formula is C20H22N4O4. The number of benzene rings is 2. The number of ether oxygens (including phenoxy) is 2. The number of amides is 2. The van der Waals surface area contributed by atoms with E-state index in [-0.39, 0.29) is 6.03 Å². The van der Waals surface area contributed by atoms with Crippen molar-refractivity contribution in [2.24, 2.45) is 0 Å². The molecule has 0 bridgehead atoms. The zero-order valence-corrected chi connectivity index (χ0v) is 16.0. The second kappa shape index (κ2) is 8.90. The Bertz CT molecular complexity index is 905. The molecule has 8 nitrogen and oxygen atoms in total. The number of carbonyl (C=O) groups is 1. The Kier molecular flexibility index (Phi) is 6.11. The van der Waals surface area contributed by atoms with Crippen molar-refractivity contribution in [3.8, 4) is 23.0 Å². The summed E-state index contributed by atoms with van der Waals surface area (Å²) in [7, 11) is 4.81. The number of urea groups is 1. The fraction of sp³-hybridized carbons (Fsp3) is 0.250. The number of methoxy groups -OCH3 is 2. The number of rotatable bonds is 7. The average molecular weight is 382 g/mol. The predicted octanol–water partition coefficient (Wildman–Crippen LogP) is 3.46. The molecule has 3 rings (SSSR count). The molecule has 0 aliphatic heterocycles. The van der Waals surface area contributed by atoms with E-state index < -0.39 is 0 Å². The van der Waals surface area contributed by atoms with Gasteiger partial charge in [0.05, 0.1) is 14.2 Å². The molecule has 1 heterocycles. The Morgan fingerprint density at radius 2 is 1.79 bits per heavy atom. The summed E-state index contributed by atoms with van der Waals surface area (Å²) < 4.78 is 15.7. The lowest BCUT2D eigenvalue weighted by atomic mass is 10.2. The van der Waals surface area contributed by atoms with Gasteiger partial charge >= 0.3 is 6.03 Å². The molecule has 2 aromatic carbocycles. The van der Waals surface area contributed by atoms with Crippen LogP contribution < -0.4 is 14.8 Å². The standard InChI is InChI=1S/C20H22N4O4/c1-24(20(25)21-15-11-16(26-2)13-17(12-15)27-3)10-9-18-22-19(28-23-18)14-7-5-4-6-8-14/h4-8,11-13H,9-10H2,1-3H3,(H,21,25). The van der Waals surface area contributed by atoms with Crippen LogP contribution in [0.5, 0.6) is 11.5 Å². The molecule has 28 heavy (non-hydrogen) atoms. The summed E-state index contributed by atoms with van der Waals surface area (Å²) in [5.74, 6) is 2.20. The van der Waals surface area contributed by atoms with E-state index in [4.69, 9.17) is 14.0 Å². The zero-order chi connectivity index (χ0) is 19.9. The lowest BCUT2D eigenvalue weighted by Gasteiger charge is -2.17. The third-order valence-electron chi connectivity index (χ3n) is 4.11. The molecule has 3 aromatic rings. The van der Waals surface area contributed by atoms with Gasteiger partial charge in [0.1, 0.15) is 11.5 Å². The van der Waals surface area contributed by atoms with E-state index in [1.54, 1.807) is 44.4 Å². The maximum Gasteiger partial charge on any atom is 0.321 e. The SMILES string of the molecule is COc1cc(NC(=O)N(C)CCc2noc(-c3ccccc3)n2)cc(OC)c1. The third-order valence-corrected chi connectivity index (χ3v) is 4.11. The van der Waals surface area contributed by atoms with Crippen LogP contribution in [0.25, 0.3) is 11.5 Å². The third kappa shape index (κ3) is 4.79. The van der Waals surface area contributed by atoms with Gasteiger partial charge < -0.3 is 24.2 Å². The minimum atomic E-state index is -0.262. The van der Waals surface area contributed by atoms with Crippen molar-refractivity contribution in [3.63, 3.8) is 0 Å². The van der Waals surface area contributed by atoms with Crippen LogP contribution in [0.1, 0.15) is 5.82 Å². The van der Waals surface area contributed by atoms with Gasteiger partial charge in [-0.05, 0) is 12.1 Å². The van der Waals surface area contributed by atoms with Crippen LogP contribution in [0.2, 0.25) is 0 Å². The van der Waals surface area contributed by atoms with E-state index in [1.165, 1.54) is 0 Å². The molecule has 0 atom stereocenters. The Labute approximate surface area is 163 Å². The van der Waals surface area contributed by atoms with Gasteiger partial charge in [-0.3, -0.25) is 0 Å². The van der Waals surface area contributed by atoms with Crippen molar-refractivity contribution < 1.29 is 18.8 Å². The normalized spacial score (nSPS) is 10.4. The number of carbonyl (C=O) groups excluding carboxylic acids is 1. The summed E-state index contributed by atoms with van der Waals surface area (Å²) in [4.78, 5) is 18.3. The molecule has 1 N–H and O–H groups in total. The van der Waals surface area contributed by atoms with Crippen LogP contribution in [0.15, 0.2) is 53.1 Å². The van der Waals surface area contributed by atoms with Crippen LogP contribution >= 0.6 is 0 Å². The molecule has 0 fully saturated rings. The quantitative estimate of drug-likeness (QED) is 0.673. The van der Waals surface area contributed by atoms with Crippen molar-refractivity contribution in [2.75, 3.05) is 33.1 Å². The number of aromatic nitrogens is 2. The van der Waals surface area contributed by atoms with Crippen LogP contribution in [0.4, 0.5) is 10.5 Å². The number of anilines is 1. The molecule has 0 spiro atoms. The molecule has 0 unspecified atom stereocenters. The lowest BCUT2D eigenvalue weighted by Crippen LogP contribution is -2.33. The van der Waals surface area contributed by atoms with Crippen molar-refractivity contribution >= 4 is 11.7 Å². The highest BCUT2D eigenvalue weighted by molar-refractivity contribution is 5.89. The van der Waals surface area contributed by atoms with E-state index in [2.05, 4.69) is 15.5 Å². The summed E-state index contributed by atoms with van der Waals surface area (Å²) in [6, 6.07) is 14.5. The number of nitrogens with zero attached hydrogens (tertiary/aromatic N) is 3. The fourth-order valence-corrected chi connectivity index (χ4v) is 2.52. The second-order valence-corrected chi connectivity index (χ2v) is 6.08. The van der Waals surface area contributed by atoms with E-state index >= 15 is 0 Å². The monoisotopic (exact) mass is 382 g/mol. The highest BCUT2D eigenvalue weighted by atomic mass is 16.5. The van der Waals surface area contributed by atoms with Gasteiger partial charge in [0.25, 0.3) is 5.89 Å². The number of hydrogen-bond donors (Lipinski definition) is 1. The molecule has 0 aliphatic carbocycles. The van der Waals surface area contributed by atoms with Crippen molar-refractivity contribution in [3.05, 3.63) is 54.4 Å². The second-order valence-electron chi connectivity index (χ2n) is 6.08. The molecule has 8 heteroatoms. The Balaban J connectivity index is 1.57. The minimum absolute atomic E-state index is 0.262.